The second-order valence-corrected chi connectivity index (χ2v) is 4.05. The summed E-state index contributed by atoms with van der Waals surface area (Å²) >= 11 is 0. The van der Waals surface area contributed by atoms with Gasteiger partial charge >= 0.3 is 0 Å². The summed E-state index contributed by atoms with van der Waals surface area (Å²) in [7, 11) is 0. The first kappa shape index (κ1) is 13.9. The van der Waals surface area contributed by atoms with Crippen LogP contribution in [-0.4, -0.2) is 37.0 Å². The van der Waals surface area contributed by atoms with Gasteiger partial charge in [-0.25, -0.2) is 0 Å². The van der Waals surface area contributed by atoms with Gasteiger partial charge in [0.1, 0.15) is 0 Å². The summed E-state index contributed by atoms with van der Waals surface area (Å²) in [6, 6.07) is 0. The molecular formula is C11H25NO2. The van der Waals surface area contributed by atoms with Gasteiger partial charge in [0, 0.05) is 6.61 Å². The quantitative estimate of drug-likeness (QED) is 0.559. The van der Waals surface area contributed by atoms with E-state index in [4.69, 9.17) is 4.74 Å². The summed E-state index contributed by atoms with van der Waals surface area (Å²) < 4.78 is 5.33. The average molecular weight is 203 g/mol. The summed E-state index contributed by atoms with van der Waals surface area (Å²) in [4.78, 5) is 0. The molecule has 0 fully saturated rings. The zero-order valence-electron chi connectivity index (χ0n) is 9.81. The largest absolute Gasteiger partial charge is 0.388 e. The van der Waals surface area contributed by atoms with Crippen LogP contribution in [0, 0.1) is 0 Å². The van der Waals surface area contributed by atoms with E-state index in [1.165, 1.54) is 0 Å². The molecule has 14 heavy (non-hydrogen) atoms. The van der Waals surface area contributed by atoms with Crippen molar-refractivity contribution in [2.45, 2.75) is 45.6 Å². The lowest BCUT2D eigenvalue weighted by atomic mass is 10.0. The van der Waals surface area contributed by atoms with E-state index in [-0.39, 0.29) is 0 Å². The lowest BCUT2D eigenvalue weighted by Gasteiger charge is -2.23. The summed E-state index contributed by atoms with van der Waals surface area (Å²) in [5.41, 5.74) is -0.685. The Hall–Kier alpha value is -0.120. The lowest BCUT2D eigenvalue weighted by Crippen LogP contribution is -2.35. The molecule has 0 aliphatic heterocycles. The maximum Gasteiger partial charge on any atom is 0.0864 e. The number of hydrogen-bond acceptors (Lipinski definition) is 3. The van der Waals surface area contributed by atoms with Crippen molar-refractivity contribution in [1.29, 1.82) is 0 Å². The molecule has 1 atom stereocenters. The van der Waals surface area contributed by atoms with E-state index < -0.39 is 5.60 Å². The number of hydrogen-bond donors (Lipinski definition) is 2. The van der Waals surface area contributed by atoms with Gasteiger partial charge in [0.25, 0.3) is 0 Å². The Bertz CT molecular complexity index is 126. The third-order valence-corrected chi connectivity index (χ3v) is 2.03. The molecule has 0 aliphatic rings. The van der Waals surface area contributed by atoms with Crippen molar-refractivity contribution in [3.05, 3.63) is 0 Å². The number of aliphatic hydroxyl groups is 1. The zero-order chi connectivity index (χ0) is 10.9. The van der Waals surface area contributed by atoms with E-state index in [0.29, 0.717) is 6.61 Å². The SMILES string of the molecule is CCCNCCC(C)(O)COCCC. The van der Waals surface area contributed by atoms with Gasteiger partial charge in [0.2, 0.25) is 0 Å². The van der Waals surface area contributed by atoms with Crippen LogP contribution in [0.5, 0.6) is 0 Å². The second-order valence-electron chi connectivity index (χ2n) is 4.05. The lowest BCUT2D eigenvalue weighted by molar-refractivity contribution is -0.0380. The van der Waals surface area contributed by atoms with Crippen molar-refractivity contribution in [2.75, 3.05) is 26.3 Å². The monoisotopic (exact) mass is 203 g/mol. The molecule has 0 bridgehead atoms. The van der Waals surface area contributed by atoms with Crippen LogP contribution < -0.4 is 5.32 Å². The molecule has 0 radical (unpaired) electrons. The highest BCUT2D eigenvalue weighted by molar-refractivity contribution is 4.72. The van der Waals surface area contributed by atoms with Gasteiger partial charge in [-0.3, -0.25) is 0 Å². The van der Waals surface area contributed by atoms with E-state index >= 15 is 0 Å². The molecule has 0 spiro atoms. The first-order chi connectivity index (χ1) is 6.62. The van der Waals surface area contributed by atoms with Crippen molar-refractivity contribution in [3.8, 4) is 0 Å². The Balaban J connectivity index is 3.40. The molecule has 0 amide bonds. The second kappa shape index (κ2) is 8.21. The van der Waals surface area contributed by atoms with Gasteiger partial charge in [0.15, 0.2) is 0 Å². The highest BCUT2D eigenvalue weighted by atomic mass is 16.5. The highest BCUT2D eigenvalue weighted by Crippen LogP contribution is 2.08. The smallest absolute Gasteiger partial charge is 0.0864 e. The normalized spacial score (nSPS) is 15.4. The molecular weight excluding hydrogens is 178 g/mol. The van der Waals surface area contributed by atoms with Crippen LogP contribution in [0.4, 0.5) is 0 Å². The van der Waals surface area contributed by atoms with E-state index in [2.05, 4.69) is 19.2 Å². The van der Waals surface area contributed by atoms with Crippen LogP contribution in [0.15, 0.2) is 0 Å². The fourth-order valence-electron chi connectivity index (χ4n) is 1.17. The van der Waals surface area contributed by atoms with Crippen molar-refractivity contribution in [1.82, 2.24) is 5.32 Å². The average Bonchev–Trinajstić information content (AvgIpc) is 2.13. The maximum absolute atomic E-state index is 9.88. The number of ether oxygens (including phenoxy) is 1. The van der Waals surface area contributed by atoms with E-state index in [1.807, 2.05) is 6.92 Å². The van der Waals surface area contributed by atoms with E-state index in [1.54, 1.807) is 0 Å². The molecule has 1 unspecified atom stereocenters. The Morgan fingerprint density at radius 1 is 1.21 bits per heavy atom. The summed E-state index contributed by atoms with van der Waals surface area (Å²) in [6.45, 7) is 9.08. The van der Waals surface area contributed by atoms with Gasteiger partial charge in [-0.2, -0.15) is 0 Å². The first-order valence-electron chi connectivity index (χ1n) is 5.63. The predicted molar refractivity (Wildman–Crippen MR) is 59.5 cm³/mol. The van der Waals surface area contributed by atoms with Crippen LogP contribution >= 0.6 is 0 Å². The fraction of sp³-hybridized carbons (Fsp3) is 1.00. The topological polar surface area (TPSA) is 41.5 Å². The Kier molecular flexibility index (Phi) is 8.14. The highest BCUT2D eigenvalue weighted by Gasteiger charge is 2.19. The van der Waals surface area contributed by atoms with Crippen LogP contribution in [-0.2, 0) is 4.74 Å². The molecule has 0 aromatic carbocycles. The number of nitrogens with one attached hydrogen (secondary N) is 1. The number of rotatable bonds is 9. The molecule has 0 aliphatic carbocycles. The summed E-state index contributed by atoms with van der Waals surface area (Å²) in [5, 5.41) is 13.1. The first-order valence-corrected chi connectivity index (χ1v) is 5.63. The predicted octanol–water partition coefficient (Wildman–Crippen LogP) is 1.55. The minimum Gasteiger partial charge on any atom is -0.388 e. The van der Waals surface area contributed by atoms with E-state index in [9.17, 15) is 5.11 Å². The zero-order valence-corrected chi connectivity index (χ0v) is 9.81. The molecule has 0 saturated carbocycles. The molecule has 3 heteroatoms. The third-order valence-electron chi connectivity index (χ3n) is 2.03. The van der Waals surface area contributed by atoms with Crippen LogP contribution in [0.1, 0.15) is 40.0 Å². The Morgan fingerprint density at radius 3 is 2.50 bits per heavy atom. The fourth-order valence-corrected chi connectivity index (χ4v) is 1.17. The maximum atomic E-state index is 9.88. The minimum atomic E-state index is -0.685. The molecule has 86 valence electrons. The molecule has 2 N–H and O–H groups in total. The minimum absolute atomic E-state index is 0.439. The van der Waals surface area contributed by atoms with Crippen molar-refractivity contribution in [2.24, 2.45) is 0 Å². The summed E-state index contributed by atoms with van der Waals surface area (Å²) in [5.74, 6) is 0. The standard InChI is InChI=1S/C11H25NO2/c1-4-7-12-8-6-11(3,13)10-14-9-5-2/h12-13H,4-10H2,1-3H3. The molecule has 0 saturated heterocycles. The van der Waals surface area contributed by atoms with Gasteiger partial charge < -0.3 is 15.2 Å². The van der Waals surface area contributed by atoms with Gasteiger partial charge in [-0.15, -0.1) is 0 Å². The Labute approximate surface area is 87.8 Å². The Morgan fingerprint density at radius 2 is 1.93 bits per heavy atom. The van der Waals surface area contributed by atoms with Gasteiger partial charge in [-0.05, 0) is 39.3 Å². The van der Waals surface area contributed by atoms with Gasteiger partial charge in [-0.1, -0.05) is 13.8 Å². The van der Waals surface area contributed by atoms with Crippen molar-refractivity contribution in [3.63, 3.8) is 0 Å². The molecule has 0 aromatic heterocycles. The van der Waals surface area contributed by atoms with Crippen LogP contribution in [0.3, 0.4) is 0 Å². The van der Waals surface area contributed by atoms with Crippen LogP contribution in [0.25, 0.3) is 0 Å². The van der Waals surface area contributed by atoms with Crippen molar-refractivity contribution >= 4 is 0 Å². The van der Waals surface area contributed by atoms with Gasteiger partial charge in [0.05, 0.1) is 12.2 Å². The summed E-state index contributed by atoms with van der Waals surface area (Å²) in [6.07, 6.45) is 2.88. The molecule has 0 rings (SSSR count). The third kappa shape index (κ3) is 8.48. The van der Waals surface area contributed by atoms with E-state index in [0.717, 1.165) is 39.0 Å². The van der Waals surface area contributed by atoms with Crippen LogP contribution in [0.2, 0.25) is 0 Å². The molecule has 0 heterocycles. The molecule has 3 nitrogen and oxygen atoms in total. The van der Waals surface area contributed by atoms with Crippen molar-refractivity contribution < 1.29 is 9.84 Å². The molecule has 0 aromatic rings.